The van der Waals surface area contributed by atoms with E-state index in [9.17, 15) is 0 Å². The topological polar surface area (TPSA) is 6.48 Å². The molecule has 0 atom stereocenters. The van der Waals surface area contributed by atoms with E-state index in [1.54, 1.807) is 0 Å². The summed E-state index contributed by atoms with van der Waals surface area (Å²) in [6.45, 7) is 14.0. The van der Waals surface area contributed by atoms with Gasteiger partial charge in [0.1, 0.15) is 0 Å². The maximum Gasteiger partial charge on any atom is 0.00923 e. The summed E-state index contributed by atoms with van der Waals surface area (Å²) in [6, 6.07) is 0.868. The molecule has 2 heteroatoms. The van der Waals surface area contributed by atoms with Crippen LogP contribution in [0.25, 0.3) is 0 Å². The predicted molar refractivity (Wildman–Crippen MR) is 94.9 cm³/mol. The van der Waals surface area contributed by atoms with Crippen molar-refractivity contribution in [3.63, 3.8) is 0 Å². The van der Waals surface area contributed by atoms with Gasteiger partial charge in [0.25, 0.3) is 0 Å². The predicted octanol–water partition coefficient (Wildman–Crippen LogP) is 4.65. The van der Waals surface area contributed by atoms with E-state index in [1.807, 2.05) is 13.8 Å². The van der Waals surface area contributed by atoms with E-state index in [0.717, 1.165) is 17.9 Å². The van der Waals surface area contributed by atoms with Gasteiger partial charge in [-0.15, -0.1) is 0 Å². The summed E-state index contributed by atoms with van der Waals surface area (Å²) in [5, 5.41) is 0. The van der Waals surface area contributed by atoms with Gasteiger partial charge in [-0.05, 0) is 77.0 Å². The van der Waals surface area contributed by atoms with Crippen LogP contribution in [0.3, 0.4) is 0 Å². The zero-order valence-corrected chi connectivity index (χ0v) is 15.4. The van der Waals surface area contributed by atoms with E-state index < -0.39 is 0 Å². The Morgan fingerprint density at radius 2 is 1.43 bits per heavy atom. The van der Waals surface area contributed by atoms with Crippen LogP contribution in [-0.2, 0) is 0 Å². The smallest absolute Gasteiger partial charge is 0.00923 e. The Labute approximate surface area is 134 Å². The Kier molecular flexibility index (Phi) is 9.59. The monoisotopic (exact) mass is 296 g/mol. The minimum Gasteiger partial charge on any atom is -0.304 e. The summed E-state index contributed by atoms with van der Waals surface area (Å²) in [5.41, 5.74) is 0. The molecule has 0 radical (unpaired) electrons. The normalized spacial score (nSPS) is 28.3. The molecule has 0 bridgehead atoms. The third-order valence-corrected chi connectivity index (χ3v) is 5.74. The average Bonchev–Trinajstić information content (AvgIpc) is 2.57. The van der Waals surface area contributed by atoms with Crippen LogP contribution in [0.1, 0.15) is 72.6 Å². The summed E-state index contributed by atoms with van der Waals surface area (Å²) in [7, 11) is 2.29. The molecule has 1 aliphatic carbocycles. The first-order chi connectivity index (χ1) is 10.2. The number of nitrogens with zero attached hydrogens (tertiary/aromatic N) is 2. The number of likely N-dealkylation sites (tertiary alicyclic amines) is 1. The van der Waals surface area contributed by atoms with Crippen LogP contribution in [-0.4, -0.2) is 49.1 Å². The fraction of sp³-hybridized carbons (Fsp3) is 1.00. The van der Waals surface area contributed by atoms with Gasteiger partial charge in [-0.2, -0.15) is 0 Å². The lowest BCUT2D eigenvalue weighted by molar-refractivity contribution is 0.118. The van der Waals surface area contributed by atoms with Gasteiger partial charge in [-0.3, -0.25) is 0 Å². The van der Waals surface area contributed by atoms with Crippen molar-refractivity contribution in [3.8, 4) is 0 Å². The van der Waals surface area contributed by atoms with Crippen molar-refractivity contribution in [2.24, 2.45) is 11.8 Å². The van der Waals surface area contributed by atoms with Crippen molar-refractivity contribution in [2.75, 3.05) is 33.2 Å². The largest absolute Gasteiger partial charge is 0.304 e. The fourth-order valence-corrected chi connectivity index (χ4v) is 3.97. The lowest BCUT2D eigenvalue weighted by atomic mass is 9.84. The first-order valence-electron chi connectivity index (χ1n) is 9.65. The molecule has 126 valence electrons. The van der Waals surface area contributed by atoms with E-state index in [-0.39, 0.29) is 0 Å². The molecule has 0 spiro atoms. The Bertz CT molecular complexity index is 238. The summed E-state index contributed by atoms with van der Waals surface area (Å²) in [5.74, 6) is 2.00. The number of hydrogen-bond acceptors (Lipinski definition) is 2. The van der Waals surface area contributed by atoms with Gasteiger partial charge in [-0.1, -0.05) is 34.1 Å². The third-order valence-electron chi connectivity index (χ3n) is 5.74. The molecular weight excluding hydrogens is 256 g/mol. The van der Waals surface area contributed by atoms with Crippen LogP contribution >= 0.6 is 0 Å². The molecule has 1 saturated carbocycles. The first-order valence-corrected chi connectivity index (χ1v) is 9.65. The molecule has 0 aromatic rings. The highest BCUT2D eigenvalue weighted by Gasteiger charge is 2.26. The minimum absolute atomic E-state index is 0.868. The van der Waals surface area contributed by atoms with Gasteiger partial charge in [0.05, 0.1) is 0 Å². The van der Waals surface area contributed by atoms with Crippen LogP contribution in [0.15, 0.2) is 0 Å². The summed E-state index contributed by atoms with van der Waals surface area (Å²) in [4.78, 5) is 5.30. The van der Waals surface area contributed by atoms with Gasteiger partial charge < -0.3 is 9.80 Å². The quantitative estimate of drug-likeness (QED) is 0.729. The molecule has 2 rings (SSSR count). The van der Waals surface area contributed by atoms with Crippen LogP contribution in [0.4, 0.5) is 0 Å². The fourth-order valence-electron chi connectivity index (χ4n) is 3.97. The van der Waals surface area contributed by atoms with Gasteiger partial charge in [0, 0.05) is 12.6 Å². The number of rotatable bonds is 5. The van der Waals surface area contributed by atoms with Crippen LogP contribution in [0.2, 0.25) is 0 Å². The van der Waals surface area contributed by atoms with Crippen molar-refractivity contribution < 1.29 is 0 Å². The average molecular weight is 297 g/mol. The highest BCUT2D eigenvalue weighted by atomic mass is 15.1. The molecular formula is C19H40N2. The van der Waals surface area contributed by atoms with Gasteiger partial charge in [-0.25, -0.2) is 0 Å². The number of hydrogen-bond donors (Lipinski definition) is 0. The standard InChI is InChI=1S/C17H34N2.C2H6/c1-4-15-10-12-19(13-11-15)14-16-6-8-17(9-7-16)18(3)5-2;1-2/h15-17H,4-14H2,1-3H3;1-2H3. The van der Waals surface area contributed by atoms with Crippen LogP contribution in [0, 0.1) is 11.8 Å². The lowest BCUT2D eigenvalue weighted by Gasteiger charge is -2.38. The van der Waals surface area contributed by atoms with Crippen molar-refractivity contribution >= 4 is 0 Å². The summed E-state index contributed by atoms with van der Waals surface area (Å²) < 4.78 is 0. The van der Waals surface area contributed by atoms with Crippen LogP contribution < -0.4 is 0 Å². The van der Waals surface area contributed by atoms with Gasteiger partial charge in [0.2, 0.25) is 0 Å². The zero-order chi connectivity index (χ0) is 15.7. The van der Waals surface area contributed by atoms with Crippen LogP contribution in [0.5, 0.6) is 0 Å². The lowest BCUT2D eigenvalue weighted by Crippen LogP contribution is -2.40. The SMILES string of the molecule is CC.CCC1CCN(CC2CCC(N(C)CC)CC2)CC1. The Hall–Kier alpha value is -0.0800. The molecule has 0 N–H and O–H groups in total. The van der Waals surface area contributed by atoms with E-state index in [0.29, 0.717) is 0 Å². The Morgan fingerprint density at radius 1 is 0.857 bits per heavy atom. The Balaban J connectivity index is 0.00000106. The summed E-state index contributed by atoms with van der Waals surface area (Å²) >= 11 is 0. The first kappa shape index (κ1) is 19.0. The third kappa shape index (κ3) is 6.28. The van der Waals surface area contributed by atoms with Gasteiger partial charge in [0.15, 0.2) is 0 Å². The van der Waals surface area contributed by atoms with Crippen molar-refractivity contribution in [1.29, 1.82) is 0 Å². The van der Waals surface area contributed by atoms with Crippen molar-refractivity contribution in [3.05, 3.63) is 0 Å². The zero-order valence-electron chi connectivity index (χ0n) is 15.4. The minimum atomic E-state index is 0.868. The molecule has 2 fully saturated rings. The second-order valence-electron chi connectivity index (χ2n) is 6.90. The van der Waals surface area contributed by atoms with E-state index in [1.165, 1.54) is 71.1 Å². The molecule has 0 aromatic heterocycles. The molecule has 1 saturated heterocycles. The second kappa shape index (κ2) is 10.6. The summed E-state index contributed by atoms with van der Waals surface area (Å²) in [6.07, 6.45) is 10.1. The molecule has 2 aliphatic rings. The molecule has 1 aliphatic heterocycles. The molecule has 0 unspecified atom stereocenters. The highest BCUT2D eigenvalue weighted by Crippen LogP contribution is 2.29. The molecule has 0 amide bonds. The van der Waals surface area contributed by atoms with E-state index >= 15 is 0 Å². The molecule has 1 heterocycles. The van der Waals surface area contributed by atoms with E-state index in [2.05, 4.69) is 30.7 Å². The Morgan fingerprint density at radius 3 is 1.90 bits per heavy atom. The molecule has 0 aromatic carbocycles. The van der Waals surface area contributed by atoms with E-state index in [4.69, 9.17) is 0 Å². The van der Waals surface area contributed by atoms with Gasteiger partial charge >= 0.3 is 0 Å². The highest BCUT2D eigenvalue weighted by molar-refractivity contribution is 4.81. The second-order valence-corrected chi connectivity index (χ2v) is 6.90. The van der Waals surface area contributed by atoms with Crippen molar-refractivity contribution in [2.45, 2.75) is 78.7 Å². The molecule has 21 heavy (non-hydrogen) atoms. The molecule has 2 nitrogen and oxygen atoms in total. The maximum absolute atomic E-state index is 2.75. The van der Waals surface area contributed by atoms with Crippen molar-refractivity contribution in [1.82, 2.24) is 9.80 Å². The maximum atomic E-state index is 2.75. The number of piperidine rings is 1.